The summed E-state index contributed by atoms with van der Waals surface area (Å²) < 4.78 is 21.9. The van der Waals surface area contributed by atoms with Crippen molar-refractivity contribution in [3.05, 3.63) is 29.8 Å². The van der Waals surface area contributed by atoms with E-state index in [1.165, 1.54) is 12.1 Å². The molecule has 0 fully saturated rings. The maximum Gasteiger partial charge on any atom is 0.320 e. The zero-order chi connectivity index (χ0) is 17.7. The molecule has 0 radical (unpaired) electrons. The lowest BCUT2D eigenvalue weighted by molar-refractivity contribution is -0.139. The van der Waals surface area contributed by atoms with Crippen molar-refractivity contribution in [2.75, 3.05) is 0 Å². The highest BCUT2D eigenvalue weighted by Crippen LogP contribution is 2.24. The number of carbonyl (C=O) groups is 1. The van der Waals surface area contributed by atoms with Gasteiger partial charge in [-0.05, 0) is 29.0 Å². The predicted octanol–water partition coefficient (Wildman–Crippen LogP) is 2.97. The van der Waals surface area contributed by atoms with E-state index in [0.29, 0.717) is 0 Å². The van der Waals surface area contributed by atoms with E-state index in [0.717, 1.165) is 5.56 Å². The van der Waals surface area contributed by atoms with E-state index < -0.39 is 21.1 Å². The number of benzene rings is 1. The van der Waals surface area contributed by atoms with Crippen LogP contribution in [0.1, 0.15) is 40.2 Å². The summed E-state index contributed by atoms with van der Waals surface area (Å²) in [6.07, 6.45) is 0. The molecule has 0 aliphatic rings. The van der Waals surface area contributed by atoms with Gasteiger partial charge in [0.2, 0.25) is 0 Å². The van der Waals surface area contributed by atoms with Crippen molar-refractivity contribution < 1.29 is 18.3 Å². The highest BCUT2D eigenvalue weighted by atomic mass is 35.7. The monoisotopic (exact) mass is 349 g/mol. The summed E-state index contributed by atoms with van der Waals surface area (Å²) in [6, 6.07) is 5.92. The number of aliphatic carboxylic acids is 1. The number of hydrogen-bond donors (Lipinski definition) is 2. The van der Waals surface area contributed by atoms with Crippen LogP contribution in [0.4, 0.5) is 0 Å². The number of nitrogens with two attached hydrogens (primary N) is 1. The SMILES string of the molecule is CC(C)(C)c1ccc(S(=O)(=O)Cl)cc1.CC(C)[C@H](N)C(=O)O. The Kier molecular flexibility index (Phi) is 7.54. The van der Waals surface area contributed by atoms with Crippen molar-refractivity contribution in [3.63, 3.8) is 0 Å². The first-order valence-corrected chi connectivity index (χ1v) is 9.11. The summed E-state index contributed by atoms with van der Waals surface area (Å²) in [6.45, 7) is 9.75. The van der Waals surface area contributed by atoms with Gasteiger partial charge < -0.3 is 10.8 Å². The molecule has 0 amide bonds. The Labute approximate surface area is 136 Å². The Morgan fingerprint density at radius 1 is 1.18 bits per heavy atom. The molecule has 5 nitrogen and oxygen atoms in total. The van der Waals surface area contributed by atoms with Crippen LogP contribution in [-0.4, -0.2) is 25.5 Å². The highest BCUT2D eigenvalue weighted by molar-refractivity contribution is 8.13. The van der Waals surface area contributed by atoms with Crippen molar-refractivity contribution in [1.29, 1.82) is 0 Å². The van der Waals surface area contributed by atoms with Gasteiger partial charge in [-0.2, -0.15) is 0 Å². The number of rotatable bonds is 3. The molecular weight excluding hydrogens is 326 g/mol. The first-order chi connectivity index (χ1) is 9.76. The summed E-state index contributed by atoms with van der Waals surface area (Å²) >= 11 is 0. The van der Waals surface area contributed by atoms with Gasteiger partial charge in [-0.3, -0.25) is 4.79 Å². The Morgan fingerprint density at radius 3 is 1.77 bits per heavy atom. The molecule has 3 N–H and O–H groups in total. The average molecular weight is 350 g/mol. The normalized spacial score (nSPS) is 13.3. The van der Waals surface area contributed by atoms with Gasteiger partial charge in [0.05, 0.1) is 4.90 Å². The van der Waals surface area contributed by atoms with Crippen LogP contribution in [0.15, 0.2) is 29.2 Å². The van der Waals surface area contributed by atoms with Crippen molar-refractivity contribution in [3.8, 4) is 0 Å². The molecule has 0 aliphatic carbocycles. The fraction of sp³-hybridized carbons (Fsp3) is 0.533. The van der Waals surface area contributed by atoms with Gasteiger partial charge in [-0.1, -0.05) is 46.8 Å². The van der Waals surface area contributed by atoms with Gasteiger partial charge >= 0.3 is 5.97 Å². The Morgan fingerprint density at radius 2 is 1.59 bits per heavy atom. The molecule has 7 heteroatoms. The molecule has 0 heterocycles. The molecule has 126 valence electrons. The van der Waals surface area contributed by atoms with Crippen LogP contribution in [-0.2, 0) is 19.3 Å². The van der Waals surface area contributed by atoms with Crippen LogP contribution >= 0.6 is 10.7 Å². The Balaban J connectivity index is 0.000000472. The molecule has 0 unspecified atom stereocenters. The molecule has 0 bridgehead atoms. The summed E-state index contributed by atoms with van der Waals surface area (Å²) in [5, 5.41) is 8.23. The predicted molar refractivity (Wildman–Crippen MR) is 88.6 cm³/mol. The minimum Gasteiger partial charge on any atom is -0.480 e. The topological polar surface area (TPSA) is 97.5 Å². The van der Waals surface area contributed by atoms with Crippen LogP contribution < -0.4 is 5.73 Å². The molecule has 22 heavy (non-hydrogen) atoms. The lowest BCUT2D eigenvalue weighted by atomic mass is 9.87. The molecular formula is C15H24ClNO4S. The molecule has 0 aliphatic heterocycles. The second-order valence-corrected chi connectivity index (χ2v) is 8.89. The standard InChI is InChI=1S/C10H13ClO2S.C5H11NO2/c1-10(2,3)8-4-6-9(7-5-8)14(11,12)13;1-3(2)4(6)5(7)8/h4-7H,1-3H3;3-4H,6H2,1-2H3,(H,7,8)/t;4-/m.0/s1. The largest absolute Gasteiger partial charge is 0.480 e. The van der Waals surface area contributed by atoms with E-state index in [1.807, 2.05) is 0 Å². The third-order valence-electron chi connectivity index (χ3n) is 3.01. The molecule has 1 atom stereocenters. The molecule has 0 aromatic heterocycles. The van der Waals surface area contributed by atoms with Crippen LogP contribution in [0, 0.1) is 5.92 Å². The zero-order valence-electron chi connectivity index (χ0n) is 13.5. The first-order valence-electron chi connectivity index (χ1n) is 6.80. The smallest absolute Gasteiger partial charge is 0.320 e. The van der Waals surface area contributed by atoms with Gasteiger partial charge in [0.25, 0.3) is 9.05 Å². The molecule has 1 aromatic rings. The van der Waals surface area contributed by atoms with E-state index in [4.69, 9.17) is 21.5 Å². The van der Waals surface area contributed by atoms with Crippen molar-refractivity contribution >= 4 is 25.7 Å². The van der Waals surface area contributed by atoms with Gasteiger partial charge in [0.15, 0.2) is 0 Å². The van der Waals surface area contributed by atoms with Crippen LogP contribution in [0.5, 0.6) is 0 Å². The fourth-order valence-corrected chi connectivity index (χ4v) is 2.17. The number of carboxylic acid groups (broad SMARTS) is 1. The van der Waals surface area contributed by atoms with E-state index in [-0.39, 0.29) is 16.2 Å². The zero-order valence-corrected chi connectivity index (χ0v) is 15.1. The van der Waals surface area contributed by atoms with Crippen molar-refractivity contribution in [2.24, 2.45) is 11.7 Å². The van der Waals surface area contributed by atoms with Crippen LogP contribution in [0.25, 0.3) is 0 Å². The number of halogens is 1. The Bertz CT molecular complexity index is 589. The van der Waals surface area contributed by atoms with Gasteiger partial charge in [-0.25, -0.2) is 8.42 Å². The van der Waals surface area contributed by atoms with Crippen LogP contribution in [0.3, 0.4) is 0 Å². The second kappa shape index (κ2) is 7.94. The summed E-state index contributed by atoms with van der Waals surface area (Å²) in [5.41, 5.74) is 6.27. The minimum atomic E-state index is -3.59. The number of carboxylic acids is 1. The lowest BCUT2D eigenvalue weighted by Gasteiger charge is -2.18. The van der Waals surface area contributed by atoms with Crippen molar-refractivity contribution in [1.82, 2.24) is 0 Å². The van der Waals surface area contributed by atoms with E-state index in [2.05, 4.69) is 20.8 Å². The Hall–Kier alpha value is -1.11. The van der Waals surface area contributed by atoms with Crippen molar-refractivity contribution in [2.45, 2.75) is 51.0 Å². The minimum absolute atomic E-state index is 0.0208. The summed E-state index contributed by atoms with van der Waals surface area (Å²) in [7, 11) is 1.60. The molecule has 1 aromatic carbocycles. The maximum absolute atomic E-state index is 11.0. The first kappa shape index (κ1) is 20.9. The summed E-state index contributed by atoms with van der Waals surface area (Å²) in [5.74, 6) is -0.910. The maximum atomic E-state index is 11.0. The van der Waals surface area contributed by atoms with E-state index >= 15 is 0 Å². The summed E-state index contributed by atoms with van der Waals surface area (Å²) in [4.78, 5) is 10.2. The van der Waals surface area contributed by atoms with Gasteiger partial charge in [0.1, 0.15) is 6.04 Å². The van der Waals surface area contributed by atoms with Gasteiger partial charge in [0, 0.05) is 10.7 Å². The van der Waals surface area contributed by atoms with E-state index in [1.54, 1.807) is 26.0 Å². The van der Waals surface area contributed by atoms with Crippen LogP contribution in [0.2, 0.25) is 0 Å². The van der Waals surface area contributed by atoms with E-state index in [9.17, 15) is 13.2 Å². The third-order valence-corrected chi connectivity index (χ3v) is 4.38. The lowest BCUT2D eigenvalue weighted by Crippen LogP contribution is -2.34. The molecule has 0 saturated carbocycles. The average Bonchev–Trinajstić information content (AvgIpc) is 2.36. The number of hydrogen-bond acceptors (Lipinski definition) is 4. The molecule has 1 rings (SSSR count). The quantitative estimate of drug-likeness (QED) is 0.817. The second-order valence-electron chi connectivity index (χ2n) is 6.32. The fourth-order valence-electron chi connectivity index (χ4n) is 1.40. The highest BCUT2D eigenvalue weighted by Gasteiger charge is 2.15. The molecule has 0 saturated heterocycles. The molecule has 0 spiro atoms. The third kappa shape index (κ3) is 7.24. The van der Waals surface area contributed by atoms with Gasteiger partial charge in [-0.15, -0.1) is 0 Å².